The molecule has 1 N–H and O–H groups in total. The van der Waals surface area contributed by atoms with Crippen molar-refractivity contribution >= 4 is 19.7 Å². The number of allylic oxidation sites excluding steroid dienone is 9. The number of likely N-dealkylation sites (N-methyl/N-ethyl adjacent to an activating group) is 1. The lowest BCUT2D eigenvalue weighted by molar-refractivity contribution is -0.870. The molecule has 426 valence electrons. The molecule has 0 aliphatic carbocycles. The number of hydrogen-bond donors (Lipinski definition) is 1. The van der Waals surface area contributed by atoms with E-state index in [0.29, 0.717) is 23.9 Å². The van der Waals surface area contributed by atoms with Crippen molar-refractivity contribution in [3.05, 3.63) is 60.8 Å². The Morgan fingerprint density at radius 2 is 0.836 bits per heavy atom. The summed E-state index contributed by atoms with van der Waals surface area (Å²) in [5.41, 5.74) is 0. The van der Waals surface area contributed by atoms with Crippen LogP contribution in [-0.2, 0) is 27.9 Å². The third-order valence-corrected chi connectivity index (χ3v) is 14.4. The van der Waals surface area contributed by atoms with Crippen LogP contribution >= 0.6 is 7.82 Å². The van der Waals surface area contributed by atoms with Gasteiger partial charge in [-0.3, -0.25) is 14.2 Å². The summed E-state index contributed by atoms with van der Waals surface area (Å²) in [6.07, 6.45) is 66.2. The second kappa shape index (κ2) is 53.1. The van der Waals surface area contributed by atoms with Crippen LogP contribution in [0.3, 0.4) is 0 Å². The highest BCUT2D eigenvalue weighted by Crippen LogP contribution is 2.38. The first-order chi connectivity index (χ1) is 35.4. The van der Waals surface area contributed by atoms with E-state index >= 15 is 0 Å². The van der Waals surface area contributed by atoms with E-state index in [1.165, 1.54) is 154 Å². The van der Waals surface area contributed by atoms with E-state index in [1.54, 1.807) is 0 Å². The zero-order valence-corrected chi connectivity index (χ0v) is 49.5. The van der Waals surface area contributed by atoms with Crippen LogP contribution in [0.1, 0.15) is 278 Å². The van der Waals surface area contributed by atoms with Gasteiger partial charge in [-0.1, -0.05) is 230 Å². The molecule has 0 aromatic carbocycles. The third-order valence-electron chi connectivity index (χ3n) is 13.4. The molecule has 9 nitrogen and oxygen atoms in total. The minimum absolute atomic E-state index is 0.0264. The highest BCUT2D eigenvalue weighted by atomic mass is 31.2. The lowest BCUT2D eigenvalue weighted by Crippen LogP contribution is -2.47. The quantitative estimate of drug-likeness (QED) is 0.0212. The smallest absolute Gasteiger partial charge is 0.306 e. The van der Waals surface area contributed by atoms with Gasteiger partial charge < -0.3 is 28.5 Å². The van der Waals surface area contributed by atoms with Crippen LogP contribution in [0.2, 0.25) is 0 Å². The Morgan fingerprint density at radius 1 is 0.479 bits per heavy atom. The number of nitrogens with one attached hydrogen (secondary N) is 1. The molecule has 0 aliphatic heterocycles. The van der Waals surface area contributed by atoms with Gasteiger partial charge >= 0.3 is 5.97 Å². The van der Waals surface area contributed by atoms with Crippen LogP contribution < -0.4 is 10.2 Å². The Labute approximate surface area is 451 Å². The summed E-state index contributed by atoms with van der Waals surface area (Å²) >= 11 is 0. The van der Waals surface area contributed by atoms with Crippen molar-refractivity contribution < 1.29 is 37.3 Å². The number of esters is 1. The first kappa shape index (κ1) is 70.7. The number of hydrogen-bond acceptors (Lipinski definition) is 7. The number of phosphoric ester groups is 1. The van der Waals surface area contributed by atoms with Crippen LogP contribution in [0.25, 0.3) is 0 Å². The highest BCUT2D eigenvalue weighted by Gasteiger charge is 2.27. The Balaban J connectivity index is 5.17. The molecule has 73 heavy (non-hydrogen) atoms. The van der Waals surface area contributed by atoms with Crippen LogP contribution in [0, 0.1) is 0 Å². The molecule has 0 radical (unpaired) electrons. The topological polar surface area (TPSA) is 114 Å². The number of carbonyl (C=O) groups is 2. The zero-order valence-electron chi connectivity index (χ0n) is 48.6. The number of quaternary nitrogens is 1. The van der Waals surface area contributed by atoms with E-state index < -0.39 is 26.6 Å². The first-order valence-corrected chi connectivity index (χ1v) is 32.1. The Hall–Kier alpha value is -2.29. The van der Waals surface area contributed by atoms with Crippen molar-refractivity contribution in [3.8, 4) is 0 Å². The van der Waals surface area contributed by atoms with Gasteiger partial charge in [0.1, 0.15) is 19.3 Å². The van der Waals surface area contributed by atoms with Gasteiger partial charge in [0.05, 0.1) is 33.8 Å². The Bertz CT molecular complexity index is 1440. The fraction of sp³-hybridized carbons (Fsp3) is 0.810. The highest BCUT2D eigenvalue weighted by molar-refractivity contribution is 7.45. The maximum Gasteiger partial charge on any atom is 0.306 e. The van der Waals surface area contributed by atoms with Gasteiger partial charge in [0.25, 0.3) is 7.82 Å². The molecule has 0 bridgehead atoms. The lowest BCUT2D eigenvalue weighted by atomic mass is 10.0. The maximum absolute atomic E-state index is 13.5. The summed E-state index contributed by atoms with van der Waals surface area (Å²) in [7, 11) is 1.17. The average Bonchev–Trinajstić information content (AvgIpc) is 3.35. The van der Waals surface area contributed by atoms with E-state index in [9.17, 15) is 19.0 Å². The van der Waals surface area contributed by atoms with Crippen molar-refractivity contribution in [2.45, 2.75) is 290 Å². The molecule has 0 rings (SSSR count). The number of amides is 1. The molecule has 3 atom stereocenters. The second-order valence-corrected chi connectivity index (χ2v) is 23.3. The van der Waals surface area contributed by atoms with E-state index in [0.717, 1.165) is 83.5 Å². The molecular formula is C63H117N2O7P. The maximum atomic E-state index is 13.5. The number of rotatable bonds is 55. The molecule has 0 aromatic heterocycles. The summed E-state index contributed by atoms with van der Waals surface area (Å²) in [4.78, 5) is 39.9. The third kappa shape index (κ3) is 54.3. The van der Waals surface area contributed by atoms with Gasteiger partial charge in [0, 0.05) is 12.8 Å². The minimum atomic E-state index is -4.70. The molecule has 0 heterocycles. The number of nitrogens with zero attached hydrogens (tertiary/aromatic N) is 1. The van der Waals surface area contributed by atoms with Gasteiger partial charge in [0.15, 0.2) is 0 Å². The summed E-state index contributed by atoms with van der Waals surface area (Å²) < 4.78 is 30.2. The van der Waals surface area contributed by atoms with Gasteiger partial charge in [-0.25, -0.2) is 0 Å². The van der Waals surface area contributed by atoms with Crippen molar-refractivity contribution in [2.75, 3.05) is 40.9 Å². The van der Waals surface area contributed by atoms with Crippen LogP contribution in [0.4, 0.5) is 0 Å². The minimum Gasteiger partial charge on any atom is -0.756 e. The average molecular weight is 1050 g/mol. The molecule has 0 saturated carbocycles. The largest absolute Gasteiger partial charge is 0.756 e. The molecule has 0 spiro atoms. The van der Waals surface area contributed by atoms with Gasteiger partial charge in [-0.05, 0) is 96.0 Å². The van der Waals surface area contributed by atoms with Crippen LogP contribution in [0.5, 0.6) is 0 Å². The van der Waals surface area contributed by atoms with E-state index in [4.69, 9.17) is 13.8 Å². The Morgan fingerprint density at radius 3 is 1.30 bits per heavy atom. The molecule has 0 aromatic rings. The molecule has 3 unspecified atom stereocenters. The van der Waals surface area contributed by atoms with Crippen LogP contribution in [-0.4, -0.2) is 69.4 Å². The molecule has 0 aliphatic rings. The predicted molar refractivity (Wildman–Crippen MR) is 312 cm³/mol. The number of ether oxygens (including phenoxy) is 1. The standard InChI is InChI=1S/C63H117N2O7P/c1-7-10-13-16-19-22-25-27-28-29-30-31-32-33-34-35-36-38-41-44-47-50-53-56-63(67)72-61(54-51-48-45-42-39-24-21-18-15-12-9-3)60(59-71-73(68,69)70-58-57-65(4,5)6)64-62(66)55-52-49-46-43-40-37-26-23-20-17-14-11-8-2/h19,22,27-28,30-31,37,40,51,54,60-61H,7-18,20-21,23-26,29,32-36,38-39,41-50,52-53,55-59H2,1-6H3,(H-,64,66,68,69)/b22-19-,28-27-,31-30-,40-37-,54-51-. The summed E-state index contributed by atoms with van der Waals surface area (Å²) in [6.45, 7) is 6.79. The molecule has 0 saturated heterocycles. The zero-order chi connectivity index (χ0) is 53.6. The molecular weight excluding hydrogens is 928 g/mol. The molecule has 1 amide bonds. The van der Waals surface area contributed by atoms with E-state index in [2.05, 4.69) is 74.7 Å². The van der Waals surface area contributed by atoms with Crippen molar-refractivity contribution in [3.63, 3.8) is 0 Å². The first-order valence-electron chi connectivity index (χ1n) is 30.6. The van der Waals surface area contributed by atoms with Gasteiger partial charge in [0.2, 0.25) is 5.91 Å². The van der Waals surface area contributed by atoms with Crippen LogP contribution in [0.15, 0.2) is 60.8 Å². The fourth-order valence-electron chi connectivity index (χ4n) is 8.64. The molecule has 10 heteroatoms. The molecule has 0 fully saturated rings. The predicted octanol–water partition coefficient (Wildman–Crippen LogP) is 18.0. The van der Waals surface area contributed by atoms with Crippen molar-refractivity contribution in [2.24, 2.45) is 0 Å². The summed E-state index contributed by atoms with van der Waals surface area (Å²) in [5, 5.41) is 3.01. The number of unbranched alkanes of at least 4 members (excludes halogenated alkanes) is 31. The van der Waals surface area contributed by atoms with Gasteiger partial charge in [-0.15, -0.1) is 0 Å². The number of phosphoric acid groups is 1. The van der Waals surface area contributed by atoms with E-state index in [1.807, 2.05) is 33.3 Å². The Kier molecular flexibility index (Phi) is 51.5. The summed E-state index contributed by atoms with van der Waals surface area (Å²) in [5.74, 6) is -0.561. The monoisotopic (exact) mass is 1040 g/mol. The van der Waals surface area contributed by atoms with E-state index in [-0.39, 0.29) is 24.9 Å². The number of carbonyl (C=O) groups excluding carboxylic acids is 2. The lowest BCUT2D eigenvalue weighted by Gasteiger charge is -2.30. The fourth-order valence-corrected chi connectivity index (χ4v) is 9.36. The second-order valence-electron chi connectivity index (χ2n) is 21.8. The SMILES string of the molecule is CCCCC/C=C\C/C=C\C/C=C\CCCCCCCCCCCCC(=O)OC(/C=C\CCCCCCCCCCC)C(COP(=O)([O-])OCC[N+](C)(C)C)NC(=O)CCCCC/C=C\CCCCCCCC. The normalized spacial score (nSPS) is 14.1. The van der Waals surface area contributed by atoms with Crippen molar-refractivity contribution in [1.29, 1.82) is 0 Å². The van der Waals surface area contributed by atoms with Gasteiger partial charge in [-0.2, -0.15) is 0 Å². The van der Waals surface area contributed by atoms with Crippen molar-refractivity contribution in [1.82, 2.24) is 5.32 Å². The summed E-state index contributed by atoms with van der Waals surface area (Å²) in [6, 6.07) is -0.897.